The van der Waals surface area contributed by atoms with E-state index in [1.807, 2.05) is 23.5 Å². The minimum absolute atomic E-state index is 0.683. The number of benzene rings is 6. The van der Waals surface area contributed by atoms with Crippen molar-refractivity contribution in [2.75, 3.05) is 0 Å². The molecular weight excluding hydrogens is 607 g/mol. The molecule has 0 fully saturated rings. The Labute approximate surface area is 280 Å². The smallest absolute Gasteiger partial charge is 0.164 e. The molecule has 0 radical (unpaired) electrons. The predicted octanol–water partition coefficient (Wildman–Crippen LogP) is 11.9. The Morgan fingerprint density at radius 3 is 2.02 bits per heavy atom. The second-order valence-electron chi connectivity index (χ2n) is 12.3. The van der Waals surface area contributed by atoms with E-state index in [1.54, 1.807) is 0 Å². The number of hydrogen-bond donors (Lipinski definition) is 0. The maximum absolute atomic E-state index is 6.19. The second kappa shape index (κ2) is 10.8. The van der Waals surface area contributed by atoms with Crippen molar-refractivity contribution in [3.63, 3.8) is 0 Å². The minimum atomic E-state index is 0.683. The lowest BCUT2D eigenvalue weighted by atomic mass is 9.90. The average molecular weight is 634 g/mol. The lowest BCUT2D eigenvalue weighted by molar-refractivity contribution is 0.669. The van der Waals surface area contributed by atoms with Crippen molar-refractivity contribution in [2.45, 2.75) is 12.8 Å². The first kappa shape index (κ1) is 27.2. The van der Waals surface area contributed by atoms with Gasteiger partial charge in [0.15, 0.2) is 17.5 Å². The monoisotopic (exact) mass is 633 g/mol. The number of nitrogens with zero attached hydrogens (tertiary/aromatic N) is 3. The predicted molar refractivity (Wildman–Crippen MR) is 200 cm³/mol. The molecule has 0 spiro atoms. The number of aromatic nitrogens is 3. The summed E-state index contributed by atoms with van der Waals surface area (Å²) in [5.41, 5.74) is 7.42. The Morgan fingerprint density at radius 1 is 0.479 bits per heavy atom. The van der Waals surface area contributed by atoms with Gasteiger partial charge in [0.05, 0.1) is 0 Å². The molecule has 48 heavy (non-hydrogen) atoms. The van der Waals surface area contributed by atoms with Gasteiger partial charge >= 0.3 is 0 Å². The van der Waals surface area contributed by atoms with Crippen LogP contribution in [0.1, 0.15) is 24.2 Å². The summed E-state index contributed by atoms with van der Waals surface area (Å²) in [4.78, 5) is 15.3. The third kappa shape index (κ3) is 4.47. The van der Waals surface area contributed by atoms with E-state index in [1.165, 1.54) is 42.1 Å². The topological polar surface area (TPSA) is 51.8 Å². The van der Waals surface area contributed by atoms with E-state index in [0.717, 1.165) is 57.3 Å². The highest BCUT2D eigenvalue weighted by atomic mass is 32.1. The van der Waals surface area contributed by atoms with Gasteiger partial charge in [-0.1, -0.05) is 109 Å². The van der Waals surface area contributed by atoms with Crippen LogP contribution in [0.4, 0.5) is 0 Å². The van der Waals surface area contributed by atoms with Crippen LogP contribution >= 0.6 is 11.3 Å². The normalized spacial score (nSPS) is 13.5. The maximum Gasteiger partial charge on any atom is 0.164 e. The zero-order valence-electron chi connectivity index (χ0n) is 25.9. The van der Waals surface area contributed by atoms with E-state index in [-0.39, 0.29) is 0 Å². The maximum atomic E-state index is 6.19. The third-order valence-electron chi connectivity index (χ3n) is 9.47. The van der Waals surface area contributed by atoms with E-state index in [0.29, 0.717) is 11.6 Å². The minimum Gasteiger partial charge on any atom is -0.456 e. The highest BCUT2D eigenvalue weighted by Crippen LogP contribution is 2.40. The van der Waals surface area contributed by atoms with Crippen molar-refractivity contribution in [3.8, 4) is 22.8 Å². The van der Waals surface area contributed by atoms with Crippen LogP contribution in [0.25, 0.3) is 86.8 Å². The zero-order valence-corrected chi connectivity index (χ0v) is 26.7. The van der Waals surface area contributed by atoms with Crippen molar-refractivity contribution >= 4 is 75.4 Å². The molecule has 9 aromatic rings. The van der Waals surface area contributed by atoms with E-state index >= 15 is 0 Å². The van der Waals surface area contributed by atoms with Crippen molar-refractivity contribution in [1.82, 2.24) is 15.0 Å². The zero-order chi connectivity index (χ0) is 31.6. The molecule has 226 valence electrons. The molecule has 0 N–H and O–H groups in total. The van der Waals surface area contributed by atoms with Crippen LogP contribution in [-0.2, 0) is 0 Å². The molecule has 10 rings (SSSR count). The first-order chi connectivity index (χ1) is 23.7. The molecule has 3 aromatic heterocycles. The molecule has 0 atom stereocenters. The molecule has 0 saturated carbocycles. The number of furan rings is 1. The first-order valence-corrected chi connectivity index (χ1v) is 17.0. The number of thiophene rings is 1. The summed E-state index contributed by atoms with van der Waals surface area (Å²) < 4.78 is 8.70. The fourth-order valence-corrected chi connectivity index (χ4v) is 8.21. The highest BCUT2D eigenvalue weighted by molar-refractivity contribution is 7.25. The summed E-state index contributed by atoms with van der Waals surface area (Å²) in [7, 11) is 0. The van der Waals surface area contributed by atoms with Gasteiger partial charge in [-0.15, -0.1) is 11.3 Å². The molecule has 1 aliphatic carbocycles. The number of fused-ring (bicyclic) bond motifs is 7. The molecule has 6 aromatic carbocycles. The van der Waals surface area contributed by atoms with Crippen molar-refractivity contribution in [2.24, 2.45) is 0 Å². The van der Waals surface area contributed by atoms with Gasteiger partial charge in [0, 0.05) is 42.1 Å². The SMILES string of the molecule is C1=C(c2nc(-c3ccc4ccccc4c3)nc(-c3ccc4c(c3)sc3ccccc34)n2)CCC(c2cccc3oc4ccccc4c23)=C1. The molecule has 1 aliphatic rings. The van der Waals surface area contributed by atoms with Gasteiger partial charge in [-0.2, -0.15) is 0 Å². The van der Waals surface area contributed by atoms with Crippen molar-refractivity contribution in [3.05, 3.63) is 151 Å². The second-order valence-corrected chi connectivity index (χ2v) is 13.4. The summed E-state index contributed by atoms with van der Waals surface area (Å²) in [6.07, 6.45) is 6.13. The fourth-order valence-electron chi connectivity index (χ4n) is 7.06. The number of allylic oxidation sites excluding steroid dienone is 4. The van der Waals surface area contributed by atoms with Gasteiger partial charge < -0.3 is 4.42 Å². The van der Waals surface area contributed by atoms with E-state index < -0.39 is 0 Å². The fraction of sp³-hybridized carbons (Fsp3) is 0.0465. The Balaban J connectivity index is 1.11. The number of hydrogen-bond acceptors (Lipinski definition) is 5. The Hall–Kier alpha value is -5.91. The van der Waals surface area contributed by atoms with Crippen LogP contribution < -0.4 is 0 Å². The molecule has 0 saturated heterocycles. The van der Waals surface area contributed by atoms with Crippen molar-refractivity contribution < 1.29 is 4.42 Å². The molecule has 3 heterocycles. The van der Waals surface area contributed by atoms with Gasteiger partial charge in [-0.25, -0.2) is 15.0 Å². The van der Waals surface area contributed by atoms with Gasteiger partial charge in [-0.3, -0.25) is 0 Å². The average Bonchev–Trinajstić information content (AvgIpc) is 3.73. The summed E-state index contributed by atoms with van der Waals surface area (Å²) in [6.45, 7) is 0. The Bertz CT molecular complexity index is 2800. The molecule has 0 unspecified atom stereocenters. The molecule has 4 nitrogen and oxygen atoms in total. The molecule has 0 bridgehead atoms. The van der Waals surface area contributed by atoms with Gasteiger partial charge in [0.25, 0.3) is 0 Å². The Morgan fingerprint density at radius 2 is 1.15 bits per heavy atom. The standard InChI is InChI=1S/C43H27N3OS/c1-2-9-29-24-30(21-16-26(29)8-1)42-44-41(45-43(46-42)31-22-23-34-33-10-4-6-15-38(33)48-39(34)25-31)28-19-17-27(18-20-28)32-12-7-14-37-40(32)35-11-3-5-13-36(35)47-37/h1-17,19,21-25H,18,20H2. The van der Waals surface area contributed by atoms with Crippen LogP contribution in [-0.4, -0.2) is 15.0 Å². The summed E-state index contributed by atoms with van der Waals surface area (Å²) in [5.74, 6) is 2.09. The first-order valence-electron chi connectivity index (χ1n) is 16.2. The summed E-state index contributed by atoms with van der Waals surface area (Å²) >= 11 is 1.81. The quantitative estimate of drug-likeness (QED) is 0.193. The summed E-state index contributed by atoms with van der Waals surface area (Å²) in [6, 6.07) is 44.6. The molecule has 0 amide bonds. The van der Waals surface area contributed by atoms with E-state index in [2.05, 4.69) is 127 Å². The van der Waals surface area contributed by atoms with Gasteiger partial charge in [-0.05, 0) is 70.7 Å². The van der Waals surface area contributed by atoms with Gasteiger partial charge in [0.2, 0.25) is 0 Å². The van der Waals surface area contributed by atoms with Gasteiger partial charge in [0.1, 0.15) is 11.2 Å². The molecule has 0 aliphatic heterocycles. The lowest BCUT2D eigenvalue weighted by Gasteiger charge is -2.16. The number of para-hydroxylation sites is 1. The van der Waals surface area contributed by atoms with E-state index in [9.17, 15) is 0 Å². The van der Waals surface area contributed by atoms with Crippen LogP contribution in [0.5, 0.6) is 0 Å². The Kier molecular flexibility index (Phi) is 6.14. The van der Waals surface area contributed by atoms with Crippen molar-refractivity contribution in [1.29, 1.82) is 0 Å². The molecular formula is C43H27N3OS. The van der Waals surface area contributed by atoms with E-state index in [4.69, 9.17) is 19.4 Å². The summed E-state index contributed by atoms with van der Waals surface area (Å²) in [5, 5.41) is 7.22. The van der Waals surface area contributed by atoms with Crippen LogP contribution in [0.2, 0.25) is 0 Å². The van der Waals surface area contributed by atoms with Crippen LogP contribution in [0.15, 0.2) is 144 Å². The molecule has 5 heteroatoms. The lowest BCUT2D eigenvalue weighted by Crippen LogP contribution is -2.04. The van der Waals surface area contributed by atoms with Crippen LogP contribution in [0.3, 0.4) is 0 Å². The third-order valence-corrected chi connectivity index (χ3v) is 10.6. The number of rotatable bonds is 4. The van der Waals surface area contributed by atoms with Crippen LogP contribution in [0, 0.1) is 0 Å². The largest absolute Gasteiger partial charge is 0.456 e. The highest BCUT2D eigenvalue weighted by Gasteiger charge is 2.20.